The fourth-order valence-electron chi connectivity index (χ4n) is 2.69. The Balaban J connectivity index is 0.000000606. The third-order valence-electron chi connectivity index (χ3n) is 3.73. The van der Waals surface area contributed by atoms with Crippen LogP contribution in [0.3, 0.4) is 0 Å². The second kappa shape index (κ2) is 7.86. The van der Waals surface area contributed by atoms with Crippen LogP contribution in [0.15, 0.2) is 12.7 Å². The topological polar surface area (TPSA) is 15.3 Å². The van der Waals surface area contributed by atoms with Gasteiger partial charge in [0.05, 0.1) is 0 Å². The highest BCUT2D eigenvalue weighted by molar-refractivity contribution is 4.87. The van der Waals surface area contributed by atoms with Crippen molar-refractivity contribution in [3.63, 3.8) is 0 Å². The molecule has 0 aromatic carbocycles. The molecule has 0 aromatic heterocycles. The maximum absolute atomic E-state index is 3.89. The Morgan fingerprint density at radius 2 is 1.62 bits per heavy atom. The van der Waals surface area contributed by atoms with E-state index in [9.17, 15) is 0 Å². The van der Waals surface area contributed by atoms with E-state index in [0.717, 1.165) is 12.0 Å². The first kappa shape index (κ1) is 13.7. The second-order valence-electron chi connectivity index (χ2n) is 4.59. The first-order valence-electron chi connectivity index (χ1n) is 6.97. The number of hydrogen-bond donors (Lipinski definition) is 1. The lowest BCUT2D eigenvalue weighted by Crippen LogP contribution is -2.46. The molecule has 2 heteroatoms. The fourth-order valence-corrected chi connectivity index (χ4v) is 2.69. The van der Waals surface area contributed by atoms with Crippen LogP contribution in [0.25, 0.3) is 0 Å². The average molecular weight is 224 g/mol. The van der Waals surface area contributed by atoms with Crippen LogP contribution in [0.5, 0.6) is 0 Å². The zero-order valence-electron chi connectivity index (χ0n) is 11.0. The van der Waals surface area contributed by atoms with E-state index < -0.39 is 0 Å². The largest absolute Gasteiger partial charge is 0.317 e. The van der Waals surface area contributed by atoms with Gasteiger partial charge in [0.1, 0.15) is 0 Å². The van der Waals surface area contributed by atoms with Crippen LogP contribution < -0.4 is 5.32 Å². The van der Waals surface area contributed by atoms with Crippen LogP contribution in [0.1, 0.15) is 39.5 Å². The summed E-state index contributed by atoms with van der Waals surface area (Å²) in [7, 11) is 0. The van der Waals surface area contributed by atoms with E-state index in [-0.39, 0.29) is 0 Å². The van der Waals surface area contributed by atoms with Crippen molar-refractivity contribution in [2.75, 3.05) is 26.2 Å². The number of hydrogen-bond acceptors (Lipinski definition) is 2. The van der Waals surface area contributed by atoms with E-state index in [1.165, 1.54) is 51.9 Å². The Kier molecular flexibility index (Phi) is 6.74. The highest BCUT2D eigenvalue weighted by atomic mass is 15.2. The third kappa shape index (κ3) is 3.91. The molecule has 16 heavy (non-hydrogen) atoms. The number of rotatable bonds is 2. The van der Waals surface area contributed by atoms with Crippen molar-refractivity contribution in [2.45, 2.75) is 45.6 Å². The highest BCUT2D eigenvalue weighted by Crippen LogP contribution is 2.22. The molecule has 0 aliphatic carbocycles. The van der Waals surface area contributed by atoms with Crippen LogP contribution in [0.2, 0.25) is 0 Å². The molecule has 2 heterocycles. The molecule has 2 nitrogen and oxygen atoms in total. The molecule has 0 bridgehead atoms. The normalized spacial score (nSPS) is 24.6. The lowest BCUT2D eigenvalue weighted by molar-refractivity contribution is 0.121. The molecule has 0 amide bonds. The third-order valence-corrected chi connectivity index (χ3v) is 3.73. The van der Waals surface area contributed by atoms with Crippen molar-refractivity contribution >= 4 is 0 Å². The number of nitrogens with zero attached hydrogens (tertiary/aromatic N) is 1. The Labute approximate surface area is 101 Å². The van der Waals surface area contributed by atoms with Crippen LogP contribution in [-0.2, 0) is 0 Å². The summed E-state index contributed by atoms with van der Waals surface area (Å²) in [4.78, 5) is 2.70. The predicted octanol–water partition coefficient (Wildman–Crippen LogP) is 2.66. The van der Waals surface area contributed by atoms with Crippen LogP contribution >= 0.6 is 0 Å². The Morgan fingerprint density at radius 1 is 1.06 bits per heavy atom. The molecule has 2 rings (SSSR count). The monoisotopic (exact) mass is 224 g/mol. The second-order valence-corrected chi connectivity index (χ2v) is 4.59. The molecule has 2 aliphatic heterocycles. The summed E-state index contributed by atoms with van der Waals surface area (Å²) in [5.41, 5.74) is 0. The van der Waals surface area contributed by atoms with Gasteiger partial charge in [0.2, 0.25) is 0 Å². The molecule has 1 N–H and O–H groups in total. The van der Waals surface area contributed by atoms with E-state index in [1.807, 2.05) is 13.8 Å². The fraction of sp³-hybridized carbons (Fsp3) is 0.857. The molecule has 0 aromatic rings. The molecule has 2 aliphatic rings. The van der Waals surface area contributed by atoms with Gasteiger partial charge in [-0.3, -0.25) is 0 Å². The molecular formula is C14H28N2. The van der Waals surface area contributed by atoms with E-state index in [4.69, 9.17) is 0 Å². The van der Waals surface area contributed by atoms with Crippen molar-refractivity contribution in [1.82, 2.24) is 10.2 Å². The Hall–Kier alpha value is -0.340. The molecular weight excluding hydrogens is 196 g/mol. The van der Waals surface area contributed by atoms with E-state index >= 15 is 0 Å². The van der Waals surface area contributed by atoms with Gasteiger partial charge in [-0.2, -0.15) is 0 Å². The molecule has 0 saturated carbocycles. The number of piperidine rings is 2. The first-order chi connectivity index (χ1) is 7.90. The summed E-state index contributed by atoms with van der Waals surface area (Å²) in [5.74, 6) is 0.785. The van der Waals surface area contributed by atoms with Gasteiger partial charge < -0.3 is 10.2 Å². The minimum Gasteiger partial charge on any atom is -0.317 e. The lowest BCUT2D eigenvalue weighted by atomic mass is 9.94. The van der Waals surface area contributed by atoms with Gasteiger partial charge in [-0.15, -0.1) is 6.58 Å². The summed E-state index contributed by atoms with van der Waals surface area (Å²) in [6.45, 7) is 12.9. The maximum Gasteiger partial charge on any atom is 0.0119 e. The van der Waals surface area contributed by atoms with Gasteiger partial charge in [-0.05, 0) is 57.8 Å². The van der Waals surface area contributed by atoms with Crippen LogP contribution in [0, 0.1) is 5.92 Å². The molecule has 0 radical (unpaired) electrons. The molecule has 2 fully saturated rings. The van der Waals surface area contributed by atoms with Gasteiger partial charge in [0, 0.05) is 6.04 Å². The van der Waals surface area contributed by atoms with Gasteiger partial charge >= 0.3 is 0 Å². The summed E-state index contributed by atoms with van der Waals surface area (Å²) in [6, 6.07) is 0.863. The maximum atomic E-state index is 3.89. The number of nitrogens with one attached hydrogen (secondary N) is 1. The summed E-state index contributed by atoms with van der Waals surface area (Å²) >= 11 is 0. The summed E-state index contributed by atoms with van der Waals surface area (Å²) in [5, 5.41) is 3.43. The quantitative estimate of drug-likeness (QED) is 0.726. The lowest BCUT2D eigenvalue weighted by Gasteiger charge is -2.38. The minimum atomic E-state index is 0.785. The van der Waals surface area contributed by atoms with Crippen LogP contribution in [-0.4, -0.2) is 37.1 Å². The zero-order valence-corrected chi connectivity index (χ0v) is 11.0. The van der Waals surface area contributed by atoms with Gasteiger partial charge in [-0.1, -0.05) is 19.9 Å². The van der Waals surface area contributed by atoms with E-state index in [1.54, 1.807) is 0 Å². The molecule has 94 valence electrons. The van der Waals surface area contributed by atoms with Crippen molar-refractivity contribution in [3.8, 4) is 0 Å². The highest BCUT2D eigenvalue weighted by Gasteiger charge is 2.24. The van der Waals surface area contributed by atoms with E-state index in [0.29, 0.717) is 0 Å². The molecule has 2 saturated heterocycles. The molecule has 0 atom stereocenters. The minimum absolute atomic E-state index is 0.785. The number of likely N-dealkylation sites (tertiary alicyclic amines) is 1. The van der Waals surface area contributed by atoms with Gasteiger partial charge in [0.25, 0.3) is 0 Å². The SMILES string of the molecule is C=CC1CCN(C2CCNCC2)CC1.CC. The zero-order chi connectivity index (χ0) is 11.8. The number of allylic oxidation sites excluding steroid dienone is 1. The van der Waals surface area contributed by atoms with Crippen LogP contribution in [0.4, 0.5) is 0 Å². The van der Waals surface area contributed by atoms with Gasteiger partial charge in [-0.25, -0.2) is 0 Å². The smallest absolute Gasteiger partial charge is 0.0119 e. The molecule has 0 spiro atoms. The Bertz CT molecular complexity index is 177. The van der Waals surface area contributed by atoms with Crippen molar-refractivity contribution in [2.24, 2.45) is 5.92 Å². The standard InChI is InChI=1S/C12H22N2.C2H6/c1-2-11-5-9-14(10-6-11)12-3-7-13-8-4-12;1-2/h2,11-13H,1,3-10H2;1-2H3. The van der Waals surface area contributed by atoms with Crippen molar-refractivity contribution in [1.29, 1.82) is 0 Å². The van der Waals surface area contributed by atoms with Crippen molar-refractivity contribution in [3.05, 3.63) is 12.7 Å². The summed E-state index contributed by atoms with van der Waals surface area (Å²) in [6.07, 6.45) is 7.48. The van der Waals surface area contributed by atoms with Gasteiger partial charge in [0.15, 0.2) is 0 Å². The van der Waals surface area contributed by atoms with Crippen molar-refractivity contribution < 1.29 is 0 Å². The molecule has 0 unspecified atom stereocenters. The summed E-state index contributed by atoms with van der Waals surface area (Å²) < 4.78 is 0. The Morgan fingerprint density at radius 3 is 2.12 bits per heavy atom. The average Bonchev–Trinajstić information content (AvgIpc) is 2.42. The van der Waals surface area contributed by atoms with E-state index in [2.05, 4.69) is 22.9 Å². The predicted molar refractivity (Wildman–Crippen MR) is 71.7 cm³/mol. The first-order valence-corrected chi connectivity index (χ1v) is 6.97.